The van der Waals surface area contributed by atoms with Crippen molar-refractivity contribution >= 4 is 11.9 Å². The molecule has 0 saturated carbocycles. The Hall–Kier alpha value is -1.22. The highest BCUT2D eigenvalue weighted by atomic mass is 16.5. The Labute approximate surface area is 144 Å². The zero-order chi connectivity index (χ0) is 17.9. The Balaban J connectivity index is 3.22. The molecule has 1 amide bonds. The maximum absolute atomic E-state index is 11.4. The number of hydrogen-bond donors (Lipinski definition) is 1. The van der Waals surface area contributed by atoms with E-state index in [0.29, 0.717) is 33.0 Å². The number of carbonyl (C=O) groups excluding carboxylic acids is 2. The molecule has 1 N–H and O–H groups in total. The summed E-state index contributed by atoms with van der Waals surface area (Å²) >= 11 is 0. The maximum Gasteiger partial charge on any atom is 0.308 e. The largest absolute Gasteiger partial charge is 0.466 e. The number of carbonyl (C=O) groups is 2. The molecule has 0 fully saturated rings. The molecule has 0 aliphatic heterocycles. The van der Waals surface area contributed by atoms with Gasteiger partial charge in [-0.15, -0.1) is 0 Å². The summed E-state index contributed by atoms with van der Waals surface area (Å²) in [6.45, 7) is 7.00. The summed E-state index contributed by atoms with van der Waals surface area (Å²) in [4.78, 5) is 22.4. The van der Waals surface area contributed by atoms with Gasteiger partial charge in [0.15, 0.2) is 0 Å². The van der Waals surface area contributed by atoms with Crippen LogP contribution in [0, 0.1) is 0 Å². The lowest BCUT2D eigenvalue weighted by atomic mass is 10.4. The van der Waals surface area contributed by atoms with E-state index in [2.05, 4.69) is 12.2 Å². The van der Waals surface area contributed by atoms with Crippen molar-refractivity contribution in [2.45, 2.75) is 33.1 Å². The minimum absolute atomic E-state index is 0.0349. The molecule has 0 saturated heterocycles. The Bertz CT molecular complexity index is 313. The van der Waals surface area contributed by atoms with Crippen molar-refractivity contribution in [3.05, 3.63) is 0 Å². The third kappa shape index (κ3) is 17.1. The van der Waals surface area contributed by atoms with E-state index in [1.807, 2.05) is 0 Å². The predicted molar refractivity (Wildman–Crippen MR) is 87.6 cm³/mol. The van der Waals surface area contributed by atoms with E-state index < -0.39 is 0 Å². The molecule has 0 radical (unpaired) electrons. The first-order valence-electron chi connectivity index (χ1n) is 8.44. The Morgan fingerprint density at radius 3 is 2.17 bits per heavy atom. The number of amides is 1. The number of rotatable bonds is 17. The average Bonchev–Trinajstić information content (AvgIpc) is 2.56. The molecule has 0 aromatic carbocycles. The number of ether oxygens (including phenoxy) is 5. The third-order valence-electron chi connectivity index (χ3n) is 2.75. The van der Waals surface area contributed by atoms with Gasteiger partial charge in [-0.05, 0) is 13.3 Å². The van der Waals surface area contributed by atoms with Crippen LogP contribution in [0.1, 0.15) is 33.1 Å². The first kappa shape index (κ1) is 22.8. The Kier molecular flexibility index (Phi) is 17.2. The molecule has 0 atom stereocenters. The third-order valence-corrected chi connectivity index (χ3v) is 2.75. The van der Waals surface area contributed by atoms with Gasteiger partial charge in [0, 0.05) is 6.61 Å². The van der Waals surface area contributed by atoms with Crippen molar-refractivity contribution in [2.75, 3.05) is 59.6 Å². The van der Waals surface area contributed by atoms with Crippen LogP contribution in [-0.4, -0.2) is 71.5 Å². The molecule has 0 unspecified atom stereocenters. The summed E-state index contributed by atoms with van der Waals surface area (Å²) in [6, 6.07) is 0. The van der Waals surface area contributed by atoms with Crippen LogP contribution in [-0.2, 0) is 33.3 Å². The molecular weight excluding hydrogens is 318 g/mol. The van der Waals surface area contributed by atoms with Crippen LogP contribution in [0.4, 0.5) is 0 Å². The van der Waals surface area contributed by atoms with Crippen LogP contribution in [0.15, 0.2) is 0 Å². The maximum atomic E-state index is 11.4. The first-order chi connectivity index (χ1) is 11.7. The van der Waals surface area contributed by atoms with Gasteiger partial charge in [0.1, 0.15) is 13.3 Å². The zero-order valence-electron chi connectivity index (χ0n) is 14.8. The van der Waals surface area contributed by atoms with Crippen LogP contribution in [0.5, 0.6) is 0 Å². The highest BCUT2D eigenvalue weighted by Gasteiger charge is 2.03. The number of esters is 1. The summed E-state index contributed by atoms with van der Waals surface area (Å²) in [5.41, 5.74) is 0. The molecule has 0 aliphatic rings. The molecule has 8 nitrogen and oxygen atoms in total. The molecule has 0 bridgehead atoms. The van der Waals surface area contributed by atoms with Gasteiger partial charge in [-0.25, -0.2) is 0 Å². The Morgan fingerprint density at radius 1 is 0.833 bits per heavy atom. The van der Waals surface area contributed by atoms with Gasteiger partial charge in [-0.1, -0.05) is 13.3 Å². The predicted octanol–water partition coefficient (Wildman–Crippen LogP) is 0.880. The summed E-state index contributed by atoms with van der Waals surface area (Å²) in [5, 5.41) is 2.52. The number of nitrogens with one attached hydrogen (secondary N) is 1. The molecule has 24 heavy (non-hydrogen) atoms. The molecular formula is C16H31NO7. The average molecular weight is 349 g/mol. The normalized spacial score (nSPS) is 10.6. The monoisotopic (exact) mass is 349 g/mol. The topological polar surface area (TPSA) is 92.3 Å². The van der Waals surface area contributed by atoms with Crippen molar-refractivity contribution in [3.63, 3.8) is 0 Å². The number of hydrogen-bond acceptors (Lipinski definition) is 7. The van der Waals surface area contributed by atoms with Crippen molar-refractivity contribution in [3.8, 4) is 0 Å². The quantitative estimate of drug-likeness (QED) is 0.237. The van der Waals surface area contributed by atoms with E-state index in [0.717, 1.165) is 19.4 Å². The van der Waals surface area contributed by atoms with Gasteiger partial charge >= 0.3 is 5.97 Å². The van der Waals surface area contributed by atoms with E-state index in [-0.39, 0.29) is 38.2 Å². The van der Waals surface area contributed by atoms with E-state index in [4.69, 9.17) is 23.7 Å². The van der Waals surface area contributed by atoms with E-state index in [9.17, 15) is 9.59 Å². The van der Waals surface area contributed by atoms with Crippen molar-refractivity contribution in [2.24, 2.45) is 0 Å². The lowest BCUT2D eigenvalue weighted by molar-refractivity contribution is -0.144. The van der Waals surface area contributed by atoms with Gasteiger partial charge in [-0.3, -0.25) is 9.59 Å². The fraction of sp³-hybridized carbons (Fsp3) is 0.875. The highest BCUT2D eigenvalue weighted by molar-refractivity contribution is 5.76. The van der Waals surface area contributed by atoms with Gasteiger partial charge in [0.25, 0.3) is 0 Å². The minimum atomic E-state index is -0.317. The minimum Gasteiger partial charge on any atom is -0.466 e. The van der Waals surface area contributed by atoms with Crippen molar-refractivity contribution < 1.29 is 33.3 Å². The van der Waals surface area contributed by atoms with Gasteiger partial charge in [0.2, 0.25) is 5.91 Å². The molecule has 0 heterocycles. The molecule has 8 heteroatoms. The van der Waals surface area contributed by atoms with Crippen molar-refractivity contribution in [1.29, 1.82) is 0 Å². The van der Waals surface area contributed by atoms with Gasteiger partial charge < -0.3 is 29.0 Å². The number of unbranched alkanes of at least 4 members (excludes halogenated alkanes) is 1. The standard InChI is InChI=1S/C16H31NO7/c1-3-5-7-20-9-10-21-11-12-22-13-15(18)17-14-23-8-6-16(19)24-4-2/h3-14H2,1-2H3,(H,17,18). The second kappa shape index (κ2) is 18.1. The molecule has 0 aromatic rings. The summed E-state index contributed by atoms with van der Waals surface area (Å²) in [6.07, 6.45) is 2.34. The molecule has 0 rings (SSSR count). The van der Waals surface area contributed by atoms with E-state index in [1.165, 1.54) is 0 Å². The van der Waals surface area contributed by atoms with Crippen LogP contribution < -0.4 is 5.32 Å². The summed E-state index contributed by atoms with van der Waals surface area (Å²) in [5.74, 6) is -0.600. The second-order valence-corrected chi connectivity index (χ2v) is 4.84. The molecule has 0 aliphatic carbocycles. The fourth-order valence-corrected chi connectivity index (χ4v) is 1.49. The summed E-state index contributed by atoms with van der Waals surface area (Å²) < 4.78 is 25.6. The first-order valence-corrected chi connectivity index (χ1v) is 8.44. The van der Waals surface area contributed by atoms with E-state index >= 15 is 0 Å². The van der Waals surface area contributed by atoms with Crippen LogP contribution >= 0.6 is 0 Å². The lowest BCUT2D eigenvalue weighted by Gasteiger charge is -2.08. The molecule has 0 aromatic heterocycles. The zero-order valence-corrected chi connectivity index (χ0v) is 14.8. The van der Waals surface area contributed by atoms with Gasteiger partial charge in [-0.2, -0.15) is 0 Å². The lowest BCUT2D eigenvalue weighted by Crippen LogP contribution is -2.30. The smallest absolute Gasteiger partial charge is 0.308 e. The molecule has 0 spiro atoms. The second-order valence-electron chi connectivity index (χ2n) is 4.84. The van der Waals surface area contributed by atoms with Crippen LogP contribution in [0.25, 0.3) is 0 Å². The molecule has 142 valence electrons. The SMILES string of the molecule is CCCCOCCOCCOCC(=O)NCOCCC(=O)OCC. The van der Waals surface area contributed by atoms with Crippen LogP contribution in [0.2, 0.25) is 0 Å². The highest BCUT2D eigenvalue weighted by Crippen LogP contribution is 1.89. The van der Waals surface area contributed by atoms with E-state index in [1.54, 1.807) is 6.92 Å². The fourth-order valence-electron chi connectivity index (χ4n) is 1.49. The van der Waals surface area contributed by atoms with Crippen molar-refractivity contribution in [1.82, 2.24) is 5.32 Å². The Morgan fingerprint density at radius 2 is 1.50 bits per heavy atom. The van der Waals surface area contributed by atoms with Crippen LogP contribution in [0.3, 0.4) is 0 Å². The van der Waals surface area contributed by atoms with Gasteiger partial charge in [0.05, 0.1) is 46.1 Å². The summed E-state index contributed by atoms with van der Waals surface area (Å²) in [7, 11) is 0.